The molecule has 0 fully saturated rings. The normalized spacial score (nSPS) is 11.4. The van der Waals surface area contributed by atoms with Crippen LogP contribution in [-0.4, -0.2) is 13.5 Å². The molecule has 0 aliphatic rings. The van der Waals surface area contributed by atoms with Crippen LogP contribution in [-0.2, 0) is 4.43 Å². The molecule has 0 spiro atoms. The number of rotatable bonds is 4. The SMILES string of the molecule is CCO[Si](Br)(c1ccccc1)c1ccccc1. The molecular weight excluding hydrogens is 292 g/mol. The highest BCUT2D eigenvalue weighted by Crippen LogP contribution is 2.14. The molecule has 0 heterocycles. The minimum absolute atomic E-state index is 0.710. The van der Waals surface area contributed by atoms with Crippen LogP contribution in [0, 0.1) is 0 Å². The van der Waals surface area contributed by atoms with E-state index in [0.717, 1.165) is 0 Å². The van der Waals surface area contributed by atoms with Crippen LogP contribution in [0.3, 0.4) is 0 Å². The number of benzene rings is 2. The van der Waals surface area contributed by atoms with Crippen LogP contribution in [0.15, 0.2) is 60.7 Å². The van der Waals surface area contributed by atoms with Crippen LogP contribution in [0.1, 0.15) is 6.92 Å². The Balaban J connectivity index is 2.47. The standard InChI is InChI=1S/C14H15BrOSi/c1-2-16-17(15,13-9-5-3-6-10-13)14-11-7-4-8-12-14/h3-12H,2H2,1H3. The molecular formula is C14H15BrOSi. The first-order valence-corrected chi connectivity index (χ1v) is 9.88. The van der Waals surface area contributed by atoms with Crippen molar-refractivity contribution in [2.45, 2.75) is 6.92 Å². The van der Waals surface area contributed by atoms with Gasteiger partial charge in [-0.25, -0.2) is 0 Å². The van der Waals surface area contributed by atoms with Crippen molar-refractivity contribution in [3.8, 4) is 0 Å². The van der Waals surface area contributed by atoms with Crippen LogP contribution in [0.2, 0.25) is 0 Å². The van der Waals surface area contributed by atoms with Crippen LogP contribution < -0.4 is 10.4 Å². The Kier molecular flexibility index (Phi) is 4.15. The Bertz CT molecular complexity index is 419. The van der Waals surface area contributed by atoms with Crippen molar-refractivity contribution < 1.29 is 4.43 Å². The highest BCUT2D eigenvalue weighted by atomic mass is 79.9. The van der Waals surface area contributed by atoms with E-state index in [0.29, 0.717) is 6.61 Å². The second-order valence-corrected chi connectivity index (χ2v) is 9.74. The van der Waals surface area contributed by atoms with E-state index >= 15 is 0 Å². The van der Waals surface area contributed by atoms with Gasteiger partial charge in [-0.05, 0) is 17.3 Å². The third-order valence-corrected chi connectivity index (χ3v) is 8.91. The highest BCUT2D eigenvalue weighted by Gasteiger charge is 2.36. The van der Waals surface area contributed by atoms with E-state index in [1.54, 1.807) is 0 Å². The van der Waals surface area contributed by atoms with E-state index in [4.69, 9.17) is 4.43 Å². The first-order chi connectivity index (χ1) is 8.27. The number of hydrogen-bond donors (Lipinski definition) is 0. The van der Waals surface area contributed by atoms with E-state index in [9.17, 15) is 0 Å². The largest absolute Gasteiger partial charge is 0.400 e. The topological polar surface area (TPSA) is 9.23 Å². The summed E-state index contributed by atoms with van der Waals surface area (Å²) >= 11 is 3.88. The van der Waals surface area contributed by atoms with Gasteiger partial charge in [0.1, 0.15) is 0 Å². The maximum Gasteiger partial charge on any atom is 0.328 e. The van der Waals surface area contributed by atoms with Crippen molar-refractivity contribution in [1.82, 2.24) is 0 Å². The fraction of sp³-hybridized carbons (Fsp3) is 0.143. The third kappa shape index (κ3) is 2.68. The summed E-state index contributed by atoms with van der Waals surface area (Å²) in [7, 11) is 0. The quantitative estimate of drug-likeness (QED) is 0.623. The lowest BCUT2D eigenvalue weighted by Crippen LogP contribution is -2.55. The molecule has 0 N–H and O–H groups in total. The molecule has 0 amide bonds. The number of hydrogen-bond acceptors (Lipinski definition) is 1. The van der Waals surface area contributed by atoms with E-state index in [1.807, 2.05) is 19.1 Å². The zero-order valence-electron chi connectivity index (χ0n) is 9.77. The molecule has 2 aromatic carbocycles. The Morgan fingerprint density at radius 3 is 1.65 bits per heavy atom. The lowest BCUT2D eigenvalue weighted by molar-refractivity contribution is 0.354. The molecule has 0 saturated heterocycles. The monoisotopic (exact) mass is 306 g/mol. The Morgan fingerprint density at radius 1 is 0.882 bits per heavy atom. The van der Waals surface area contributed by atoms with Crippen LogP contribution in [0.4, 0.5) is 0 Å². The van der Waals surface area contributed by atoms with Gasteiger partial charge in [-0.15, -0.1) is 0 Å². The molecule has 1 nitrogen and oxygen atoms in total. The van der Waals surface area contributed by atoms with Gasteiger partial charge in [-0.2, -0.15) is 0 Å². The predicted molar refractivity (Wildman–Crippen MR) is 78.5 cm³/mol. The van der Waals surface area contributed by atoms with Crippen molar-refractivity contribution in [2.75, 3.05) is 6.61 Å². The minimum atomic E-state index is -2.19. The summed E-state index contributed by atoms with van der Waals surface area (Å²) in [5, 5.41) is 2.49. The molecule has 2 rings (SSSR count). The molecule has 0 aliphatic heterocycles. The fourth-order valence-electron chi connectivity index (χ4n) is 1.84. The summed E-state index contributed by atoms with van der Waals surface area (Å²) in [6.07, 6.45) is 0. The summed E-state index contributed by atoms with van der Waals surface area (Å²) in [5.74, 6) is 0. The van der Waals surface area contributed by atoms with Gasteiger partial charge in [0, 0.05) is 6.61 Å². The van der Waals surface area contributed by atoms with Crippen LogP contribution in [0.5, 0.6) is 0 Å². The summed E-state index contributed by atoms with van der Waals surface area (Å²) in [6, 6.07) is 20.8. The predicted octanol–water partition coefficient (Wildman–Crippen LogP) is 2.67. The van der Waals surface area contributed by atoms with Crippen molar-refractivity contribution in [3.05, 3.63) is 60.7 Å². The zero-order valence-corrected chi connectivity index (χ0v) is 12.4. The van der Waals surface area contributed by atoms with Crippen LogP contribution in [0.25, 0.3) is 0 Å². The van der Waals surface area contributed by atoms with E-state index in [1.165, 1.54) is 10.4 Å². The number of halogens is 1. The smallest absolute Gasteiger partial charge is 0.328 e. The summed E-state index contributed by atoms with van der Waals surface area (Å²) in [4.78, 5) is 0. The molecule has 3 heteroatoms. The maximum absolute atomic E-state index is 6.06. The first-order valence-electron chi connectivity index (χ1n) is 5.71. The first kappa shape index (κ1) is 12.6. The van der Waals surface area contributed by atoms with Gasteiger partial charge >= 0.3 is 6.94 Å². The lowest BCUT2D eigenvalue weighted by Gasteiger charge is -2.25. The van der Waals surface area contributed by atoms with Gasteiger partial charge in [-0.3, -0.25) is 0 Å². The Labute approximate surface area is 111 Å². The molecule has 2 aromatic rings. The van der Waals surface area contributed by atoms with Gasteiger partial charge in [0.15, 0.2) is 0 Å². The molecule has 0 aliphatic carbocycles. The molecule has 0 aromatic heterocycles. The summed E-state index contributed by atoms with van der Waals surface area (Å²) < 4.78 is 6.06. The maximum atomic E-state index is 6.06. The van der Waals surface area contributed by atoms with E-state index < -0.39 is 6.94 Å². The second kappa shape index (κ2) is 5.62. The Hall–Kier alpha value is -0.903. The minimum Gasteiger partial charge on any atom is -0.400 e. The lowest BCUT2D eigenvalue weighted by atomic mass is 10.4. The van der Waals surface area contributed by atoms with Gasteiger partial charge in [0.2, 0.25) is 0 Å². The van der Waals surface area contributed by atoms with Gasteiger partial charge < -0.3 is 4.43 Å². The molecule has 0 radical (unpaired) electrons. The average molecular weight is 307 g/mol. The Morgan fingerprint density at radius 2 is 1.29 bits per heavy atom. The molecule has 0 saturated carbocycles. The van der Waals surface area contributed by atoms with Crippen molar-refractivity contribution >= 4 is 32.6 Å². The van der Waals surface area contributed by atoms with Crippen LogP contribution >= 0.6 is 15.3 Å². The van der Waals surface area contributed by atoms with Crippen molar-refractivity contribution in [3.63, 3.8) is 0 Å². The molecule has 0 bridgehead atoms. The van der Waals surface area contributed by atoms with Gasteiger partial charge in [0.25, 0.3) is 0 Å². The molecule has 0 atom stereocenters. The fourth-order valence-corrected chi connectivity index (χ4v) is 6.42. The second-order valence-electron chi connectivity index (χ2n) is 3.76. The van der Waals surface area contributed by atoms with Gasteiger partial charge in [0.05, 0.1) is 0 Å². The van der Waals surface area contributed by atoms with Crippen molar-refractivity contribution in [2.24, 2.45) is 0 Å². The van der Waals surface area contributed by atoms with E-state index in [-0.39, 0.29) is 0 Å². The average Bonchev–Trinajstić information content (AvgIpc) is 2.41. The zero-order chi connectivity index (χ0) is 12.1. The third-order valence-electron chi connectivity index (χ3n) is 2.63. The molecule has 0 unspecified atom stereocenters. The molecule has 88 valence electrons. The molecule has 17 heavy (non-hydrogen) atoms. The van der Waals surface area contributed by atoms with E-state index in [2.05, 4.69) is 63.8 Å². The van der Waals surface area contributed by atoms with Gasteiger partial charge in [-0.1, -0.05) is 76.0 Å². The summed E-state index contributed by atoms with van der Waals surface area (Å²) in [5.41, 5.74) is 0. The highest BCUT2D eigenvalue weighted by molar-refractivity contribution is 9.26. The van der Waals surface area contributed by atoms with Crippen molar-refractivity contribution in [1.29, 1.82) is 0 Å². The summed E-state index contributed by atoms with van der Waals surface area (Å²) in [6.45, 7) is 0.557.